The molecule has 6 nitrogen and oxygen atoms in total. The second kappa shape index (κ2) is 8.53. The van der Waals surface area contributed by atoms with Gasteiger partial charge in [0.2, 0.25) is 5.91 Å². The van der Waals surface area contributed by atoms with Crippen molar-refractivity contribution >= 4 is 5.91 Å². The molecule has 3 rings (SSSR count). The zero-order valence-corrected chi connectivity index (χ0v) is 14.1. The first kappa shape index (κ1) is 18.0. The van der Waals surface area contributed by atoms with Gasteiger partial charge in [0.25, 0.3) is 0 Å². The van der Waals surface area contributed by atoms with Crippen LogP contribution in [0.4, 0.5) is 4.39 Å². The highest BCUT2D eigenvalue weighted by atomic mass is 19.1. The maximum absolute atomic E-state index is 12.8. The largest absolute Gasteiger partial charge is 0.493 e. The predicted octanol–water partition coefficient (Wildman–Crippen LogP) is 2.22. The summed E-state index contributed by atoms with van der Waals surface area (Å²) in [6, 6.07) is 10.8. The molecule has 0 aliphatic carbocycles. The number of aliphatic hydroxyl groups is 1. The summed E-state index contributed by atoms with van der Waals surface area (Å²) < 4.78 is 29.1. The first-order valence-electron chi connectivity index (χ1n) is 8.34. The predicted molar refractivity (Wildman–Crippen MR) is 91.9 cm³/mol. The molecule has 0 bridgehead atoms. The Morgan fingerprint density at radius 2 is 1.88 bits per heavy atom. The number of fused-ring (bicyclic) bond motifs is 1. The minimum atomic E-state index is -0.854. The lowest BCUT2D eigenvalue weighted by molar-refractivity contribution is -0.122. The molecule has 0 spiro atoms. The van der Waals surface area contributed by atoms with E-state index >= 15 is 0 Å². The molecule has 0 radical (unpaired) electrons. The summed E-state index contributed by atoms with van der Waals surface area (Å²) in [7, 11) is 0. The maximum atomic E-state index is 12.8. The molecule has 1 aliphatic rings. The standard InChI is InChI=1S/C19H20FNO5/c20-14-2-4-15(5-3-14)24-8-7-19(23)21-12-16(22)13-1-6-17-18(11-13)26-10-9-25-17/h1-6,11,16,22H,7-10,12H2,(H,21,23)/t16-/m0/s1. The van der Waals surface area contributed by atoms with Gasteiger partial charge in [0.1, 0.15) is 24.8 Å². The highest BCUT2D eigenvalue weighted by molar-refractivity contribution is 5.76. The molecule has 0 unspecified atom stereocenters. The average Bonchev–Trinajstić information content (AvgIpc) is 2.67. The van der Waals surface area contributed by atoms with E-state index in [0.29, 0.717) is 36.0 Å². The molecule has 1 amide bonds. The summed E-state index contributed by atoms with van der Waals surface area (Å²) in [5.74, 6) is 1.14. The lowest BCUT2D eigenvalue weighted by Crippen LogP contribution is -2.29. The van der Waals surface area contributed by atoms with E-state index in [-0.39, 0.29) is 31.3 Å². The molecule has 1 aliphatic heterocycles. The molecule has 7 heteroatoms. The Morgan fingerprint density at radius 3 is 2.65 bits per heavy atom. The topological polar surface area (TPSA) is 77.0 Å². The zero-order chi connectivity index (χ0) is 18.4. The number of hydrogen-bond acceptors (Lipinski definition) is 5. The summed E-state index contributed by atoms with van der Waals surface area (Å²) in [5.41, 5.74) is 0.636. The number of rotatable bonds is 7. The first-order chi connectivity index (χ1) is 12.6. The van der Waals surface area contributed by atoms with Gasteiger partial charge in [-0.1, -0.05) is 6.07 Å². The van der Waals surface area contributed by atoms with Crippen molar-refractivity contribution in [3.63, 3.8) is 0 Å². The van der Waals surface area contributed by atoms with E-state index in [4.69, 9.17) is 14.2 Å². The quantitative estimate of drug-likeness (QED) is 0.791. The van der Waals surface area contributed by atoms with Gasteiger partial charge in [-0.15, -0.1) is 0 Å². The Kier molecular flexibility index (Phi) is 5.91. The molecule has 0 saturated carbocycles. The Morgan fingerprint density at radius 1 is 1.15 bits per heavy atom. The molecule has 2 aromatic rings. The SMILES string of the molecule is O=C(CCOc1ccc(F)cc1)NC[C@H](O)c1ccc2c(c1)OCCO2. The number of ether oxygens (including phenoxy) is 3. The number of carbonyl (C=O) groups excluding carboxylic acids is 1. The third kappa shape index (κ3) is 4.86. The Balaban J connectivity index is 1.41. The fraction of sp³-hybridized carbons (Fsp3) is 0.316. The maximum Gasteiger partial charge on any atom is 0.223 e. The monoisotopic (exact) mass is 361 g/mol. The molecule has 0 aromatic heterocycles. The van der Waals surface area contributed by atoms with Crippen LogP contribution in [0.15, 0.2) is 42.5 Å². The summed E-state index contributed by atoms with van der Waals surface area (Å²) in [6.45, 7) is 1.22. The molecular formula is C19H20FNO5. The van der Waals surface area contributed by atoms with E-state index in [2.05, 4.69) is 5.32 Å². The number of halogens is 1. The van der Waals surface area contributed by atoms with Gasteiger partial charge < -0.3 is 24.6 Å². The Labute approximate surface area is 150 Å². The van der Waals surface area contributed by atoms with Crippen LogP contribution >= 0.6 is 0 Å². The van der Waals surface area contributed by atoms with Crippen molar-refractivity contribution in [2.24, 2.45) is 0 Å². The van der Waals surface area contributed by atoms with Gasteiger partial charge in [0.15, 0.2) is 11.5 Å². The lowest BCUT2D eigenvalue weighted by atomic mass is 10.1. The van der Waals surface area contributed by atoms with Gasteiger partial charge in [-0.25, -0.2) is 4.39 Å². The second-order valence-electron chi connectivity index (χ2n) is 5.78. The van der Waals surface area contributed by atoms with Gasteiger partial charge in [0, 0.05) is 6.54 Å². The molecule has 1 heterocycles. The fourth-order valence-electron chi connectivity index (χ4n) is 2.48. The van der Waals surface area contributed by atoms with Gasteiger partial charge in [0.05, 0.1) is 19.1 Å². The summed E-state index contributed by atoms with van der Waals surface area (Å²) >= 11 is 0. The average molecular weight is 361 g/mol. The van der Waals surface area contributed by atoms with Crippen molar-refractivity contribution in [3.8, 4) is 17.2 Å². The van der Waals surface area contributed by atoms with E-state index < -0.39 is 6.10 Å². The first-order valence-corrected chi connectivity index (χ1v) is 8.34. The number of aliphatic hydroxyl groups excluding tert-OH is 1. The van der Waals surface area contributed by atoms with Crippen molar-refractivity contribution in [1.29, 1.82) is 0 Å². The smallest absolute Gasteiger partial charge is 0.223 e. The molecule has 0 saturated heterocycles. The summed E-state index contributed by atoms with van der Waals surface area (Å²) in [5, 5.41) is 12.9. The van der Waals surface area contributed by atoms with E-state index in [1.54, 1.807) is 18.2 Å². The minimum Gasteiger partial charge on any atom is -0.493 e. The van der Waals surface area contributed by atoms with Crippen LogP contribution in [0.1, 0.15) is 18.1 Å². The summed E-state index contributed by atoms with van der Waals surface area (Å²) in [4.78, 5) is 11.8. The molecular weight excluding hydrogens is 341 g/mol. The van der Waals surface area contributed by atoms with E-state index in [1.165, 1.54) is 24.3 Å². The highest BCUT2D eigenvalue weighted by Gasteiger charge is 2.16. The van der Waals surface area contributed by atoms with Crippen LogP contribution in [-0.2, 0) is 4.79 Å². The third-order valence-corrected chi connectivity index (χ3v) is 3.86. The molecule has 0 fully saturated rings. The van der Waals surface area contributed by atoms with Crippen LogP contribution in [-0.4, -0.2) is 37.4 Å². The summed E-state index contributed by atoms with van der Waals surface area (Å²) in [6.07, 6.45) is -0.724. The van der Waals surface area contributed by atoms with Crippen LogP contribution in [0.5, 0.6) is 17.2 Å². The van der Waals surface area contributed by atoms with E-state index in [1.807, 2.05) is 0 Å². The van der Waals surface area contributed by atoms with Crippen molar-refractivity contribution < 1.29 is 28.5 Å². The number of carbonyl (C=O) groups is 1. The number of amides is 1. The molecule has 2 N–H and O–H groups in total. The van der Waals surface area contributed by atoms with Gasteiger partial charge in [-0.2, -0.15) is 0 Å². The van der Waals surface area contributed by atoms with Crippen LogP contribution in [0.25, 0.3) is 0 Å². The van der Waals surface area contributed by atoms with E-state index in [9.17, 15) is 14.3 Å². The van der Waals surface area contributed by atoms with Crippen molar-refractivity contribution in [1.82, 2.24) is 5.32 Å². The molecule has 2 aromatic carbocycles. The number of nitrogens with one attached hydrogen (secondary N) is 1. The van der Waals surface area contributed by atoms with E-state index in [0.717, 1.165) is 0 Å². The Bertz CT molecular complexity index is 750. The molecule has 138 valence electrons. The van der Waals surface area contributed by atoms with Gasteiger partial charge in [-0.3, -0.25) is 4.79 Å². The highest BCUT2D eigenvalue weighted by Crippen LogP contribution is 2.32. The zero-order valence-electron chi connectivity index (χ0n) is 14.1. The van der Waals surface area contributed by atoms with Crippen LogP contribution in [0.3, 0.4) is 0 Å². The fourth-order valence-corrected chi connectivity index (χ4v) is 2.48. The van der Waals surface area contributed by atoms with Crippen molar-refractivity contribution in [2.45, 2.75) is 12.5 Å². The van der Waals surface area contributed by atoms with Crippen molar-refractivity contribution in [3.05, 3.63) is 53.8 Å². The Hall–Kier alpha value is -2.80. The second-order valence-corrected chi connectivity index (χ2v) is 5.78. The van der Waals surface area contributed by atoms with Crippen LogP contribution in [0.2, 0.25) is 0 Å². The van der Waals surface area contributed by atoms with Gasteiger partial charge >= 0.3 is 0 Å². The third-order valence-electron chi connectivity index (χ3n) is 3.86. The van der Waals surface area contributed by atoms with Crippen LogP contribution in [0, 0.1) is 5.82 Å². The molecule has 26 heavy (non-hydrogen) atoms. The minimum absolute atomic E-state index is 0.0784. The van der Waals surface area contributed by atoms with Crippen LogP contribution < -0.4 is 19.5 Å². The normalized spacial score (nSPS) is 13.8. The van der Waals surface area contributed by atoms with Crippen molar-refractivity contribution in [2.75, 3.05) is 26.4 Å². The number of benzene rings is 2. The lowest BCUT2D eigenvalue weighted by Gasteiger charge is -2.20. The van der Waals surface area contributed by atoms with Gasteiger partial charge in [-0.05, 0) is 42.0 Å². The number of hydrogen-bond donors (Lipinski definition) is 2. The molecule has 1 atom stereocenters.